The van der Waals surface area contributed by atoms with E-state index in [1.54, 1.807) is 54.5 Å². The van der Waals surface area contributed by atoms with Gasteiger partial charge in [0.2, 0.25) is 5.91 Å². The molecule has 5 nitrogen and oxygen atoms in total. The van der Waals surface area contributed by atoms with E-state index in [2.05, 4.69) is 0 Å². The summed E-state index contributed by atoms with van der Waals surface area (Å²) in [7, 11) is -3.90. The maximum Gasteiger partial charge on any atom is 0.357 e. The highest BCUT2D eigenvalue weighted by atomic mass is 31.2. The number of carbonyl (C=O) groups is 1. The van der Waals surface area contributed by atoms with E-state index in [0.29, 0.717) is 17.6 Å². The first-order chi connectivity index (χ1) is 13.6. The molecule has 2 rings (SSSR count). The largest absolute Gasteiger partial charge is 0.357 e. The van der Waals surface area contributed by atoms with Crippen LogP contribution in [0.25, 0.3) is 5.57 Å². The Labute approximate surface area is 178 Å². The smallest absolute Gasteiger partial charge is 0.324 e. The molecule has 1 aromatic carbocycles. The topological polar surface area (TPSA) is 55.8 Å². The minimum absolute atomic E-state index is 0.198. The van der Waals surface area contributed by atoms with Crippen LogP contribution >= 0.6 is 7.60 Å². The number of rotatable bonds is 5. The maximum atomic E-state index is 14.1. The van der Waals surface area contributed by atoms with Gasteiger partial charge in [-0.2, -0.15) is 0 Å². The van der Waals surface area contributed by atoms with E-state index in [1.165, 1.54) is 17.0 Å². The van der Waals surface area contributed by atoms with E-state index in [-0.39, 0.29) is 18.9 Å². The zero-order valence-corrected chi connectivity index (χ0v) is 19.7. The van der Waals surface area contributed by atoms with E-state index in [1.807, 2.05) is 0 Å². The van der Waals surface area contributed by atoms with Gasteiger partial charge in [-0.1, -0.05) is 6.92 Å². The molecule has 1 unspecified atom stereocenters. The second kappa shape index (κ2) is 8.89. The Morgan fingerprint density at radius 2 is 1.57 bits per heavy atom. The van der Waals surface area contributed by atoms with Crippen LogP contribution in [0.1, 0.15) is 66.9 Å². The molecule has 1 atom stereocenters. The fourth-order valence-electron chi connectivity index (χ4n) is 3.33. The van der Waals surface area contributed by atoms with Gasteiger partial charge in [-0.25, -0.2) is 8.78 Å². The molecule has 1 amide bonds. The van der Waals surface area contributed by atoms with Crippen molar-refractivity contribution < 1.29 is 27.2 Å². The Morgan fingerprint density at radius 1 is 1.07 bits per heavy atom. The van der Waals surface area contributed by atoms with Crippen LogP contribution in [0.5, 0.6) is 0 Å². The molecule has 0 radical (unpaired) electrons. The van der Waals surface area contributed by atoms with Crippen LogP contribution in [0.4, 0.5) is 8.78 Å². The first kappa shape index (κ1) is 24.7. The summed E-state index contributed by atoms with van der Waals surface area (Å²) in [6, 6.07) is 3.25. The van der Waals surface area contributed by atoms with Crippen LogP contribution in [-0.2, 0) is 18.4 Å². The van der Waals surface area contributed by atoms with Gasteiger partial charge in [0.05, 0.1) is 11.2 Å². The lowest BCUT2D eigenvalue weighted by molar-refractivity contribution is -0.131. The predicted octanol–water partition coefficient (Wildman–Crippen LogP) is 6.14. The highest BCUT2D eigenvalue weighted by molar-refractivity contribution is 7.55. The third-order valence-corrected chi connectivity index (χ3v) is 6.95. The van der Waals surface area contributed by atoms with Gasteiger partial charge in [0.25, 0.3) is 0 Å². The summed E-state index contributed by atoms with van der Waals surface area (Å²) < 4.78 is 53.6. The monoisotopic (exact) mass is 443 g/mol. The van der Waals surface area contributed by atoms with Crippen molar-refractivity contribution in [3.8, 4) is 0 Å². The molecule has 1 aliphatic rings. The normalized spacial score (nSPS) is 18.4. The summed E-state index contributed by atoms with van der Waals surface area (Å²) in [5.41, 5.74) is -0.677. The van der Waals surface area contributed by atoms with Crippen molar-refractivity contribution in [1.82, 2.24) is 4.90 Å². The minimum Gasteiger partial charge on any atom is -0.324 e. The van der Waals surface area contributed by atoms with Crippen molar-refractivity contribution in [2.45, 2.75) is 78.3 Å². The van der Waals surface area contributed by atoms with E-state index in [4.69, 9.17) is 9.05 Å². The Kier molecular flexibility index (Phi) is 7.33. The third-order valence-electron chi connectivity index (χ3n) is 4.27. The molecule has 0 saturated carbocycles. The number of carbonyl (C=O) groups excluding carboxylic acids is 1. The summed E-state index contributed by atoms with van der Waals surface area (Å²) in [4.78, 5) is 14.1. The number of benzene rings is 1. The van der Waals surface area contributed by atoms with Gasteiger partial charge >= 0.3 is 7.60 Å². The summed E-state index contributed by atoms with van der Waals surface area (Å²) in [6.45, 7) is 12.5. The Morgan fingerprint density at radius 3 is 2.00 bits per heavy atom. The lowest BCUT2D eigenvalue weighted by Gasteiger charge is -2.42. The molecule has 1 heterocycles. The van der Waals surface area contributed by atoms with Crippen LogP contribution < -0.4 is 0 Å². The van der Waals surface area contributed by atoms with E-state index < -0.39 is 36.2 Å². The highest BCUT2D eigenvalue weighted by Crippen LogP contribution is 2.61. The van der Waals surface area contributed by atoms with Crippen LogP contribution in [-0.4, -0.2) is 34.3 Å². The third kappa shape index (κ3) is 6.47. The van der Waals surface area contributed by atoms with Crippen LogP contribution in [0.15, 0.2) is 24.3 Å². The zero-order chi connectivity index (χ0) is 22.9. The fraction of sp³-hybridized carbons (Fsp3) is 0.591. The summed E-state index contributed by atoms with van der Waals surface area (Å²) in [5.74, 6) is -2.60. The molecule has 0 fully saturated rings. The maximum absolute atomic E-state index is 14.1. The van der Waals surface area contributed by atoms with Crippen molar-refractivity contribution >= 4 is 19.1 Å². The minimum atomic E-state index is -3.90. The van der Waals surface area contributed by atoms with Crippen molar-refractivity contribution in [2.75, 3.05) is 6.54 Å². The Bertz CT molecular complexity index is 831. The lowest BCUT2D eigenvalue weighted by Crippen LogP contribution is -2.44. The van der Waals surface area contributed by atoms with Gasteiger partial charge in [0.1, 0.15) is 11.6 Å². The number of hydrogen-bond donors (Lipinski definition) is 0. The van der Waals surface area contributed by atoms with E-state index >= 15 is 0 Å². The Hall–Kier alpha value is -1.56. The average molecular weight is 443 g/mol. The van der Waals surface area contributed by atoms with Crippen molar-refractivity contribution in [3.63, 3.8) is 0 Å². The number of hydrogen-bond acceptors (Lipinski definition) is 4. The molecule has 8 heteroatoms. The van der Waals surface area contributed by atoms with Crippen molar-refractivity contribution in [2.24, 2.45) is 0 Å². The van der Waals surface area contributed by atoms with Gasteiger partial charge in [-0.15, -0.1) is 0 Å². The van der Waals surface area contributed by atoms with Gasteiger partial charge < -0.3 is 13.9 Å². The molecular formula is C22H32F2NO4P. The van der Waals surface area contributed by atoms with Gasteiger partial charge in [0.15, 0.2) is 5.78 Å². The molecule has 0 aromatic heterocycles. The van der Waals surface area contributed by atoms with Crippen LogP contribution in [0, 0.1) is 11.6 Å². The Balaban J connectivity index is 2.63. The number of amides is 1. The average Bonchev–Trinajstić information content (AvgIpc) is 2.56. The number of nitrogens with zero attached hydrogens (tertiary/aromatic N) is 1. The molecule has 0 bridgehead atoms. The molecule has 0 aliphatic carbocycles. The molecule has 0 N–H and O–H groups in total. The fourth-order valence-corrected chi connectivity index (χ4v) is 6.06. The first-order valence-corrected chi connectivity index (χ1v) is 11.7. The van der Waals surface area contributed by atoms with Crippen LogP contribution in [0.2, 0.25) is 0 Å². The first-order valence-electron chi connectivity index (χ1n) is 10.1. The quantitative estimate of drug-likeness (QED) is 0.513. The number of halogens is 2. The lowest BCUT2D eigenvalue weighted by atomic mass is 9.99. The zero-order valence-electron chi connectivity index (χ0n) is 18.8. The summed E-state index contributed by atoms with van der Waals surface area (Å²) >= 11 is 0. The molecule has 0 spiro atoms. The predicted molar refractivity (Wildman–Crippen MR) is 114 cm³/mol. The standard InChI is InChI=1S/C22H32F2NO4P/c1-8-19(26)25-10-9-15(16-11-17(23)14-18(24)12-16)13-20(25)30(27,28-21(2,3)4)29-22(5,6)7/h11-14,20H,8-10H2,1-7H3. The molecule has 0 saturated heterocycles. The van der Waals surface area contributed by atoms with Crippen molar-refractivity contribution in [3.05, 3.63) is 41.5 Å². The molecule has 1 aliphatic heterocycles. The van der Waals surface area contributed by atoms with E-state index in [0.717, 1.165) is 6.07 Å². The molecule has 168 valence electrons. The highest BCUT2D eigenvalue weighted by Gasteiger charge is 2.47. The van der Waals surface area contributed by atoms with E-state index in [9.17, 15) is 18.1 Å². The van der Waals surface area contributed by atoms with Gasteiger partial charge in [-0.05, 0) is 77.3 Å². The molecular weight excluding hydrogens is 411 g/mol. The SMILES string of the molecule is CCC(=O)N1CCC(c2cc(F)cc(F)c2)=CC1P(=O)(OC(C)(C)C)OC(C)(C)C. The van der Waals surface area contributed by atoms with Gasteiger partial charge in [-0.3, -0.25) is 9.36 Å². The van der Waals surface area contributed by atoms with Gasteiger partial charge in [0, 0.05) is 19.0 Å². The summed E-state index contributed by atoms with van der Waals surface area (Å²) in [5, 5.41) is 0. The molecule has 30 heavy (non-hydrogen) atoms. The van der Waals surface area contributed by atoms with Crippen LogP contribution in [0.3, 0.4) is 0 Å². The summed E-state index contributed by atoms with van der Waals surface area (Å²) in [6.07, 6.45) is 2.19. The second-order valence-electron chi connectivity index (χ2n) is 9.40. The molecule has 1 aromatic rings. The van der Waals surface area contributed by atoms with Crippen molar-refractivity contribution in [1.29, 1.82) is 0 Å². The second-order valence-corrected chi connectivity index (χ2v) is 11.4.